The third kappa shape index (κ3) is 2.60. The zero-order valence-corrected chi connectivity index (χ0v) is 12.0. The average molecular weight is 314 g/mol. The van der Waals surface area contributed by atoms with Crippen LogP contribution in [0.15, 0.2) is 45.6 Å². The normalized spacial score (nSPS) is 11.0. The third-order valence-corrected chi connectivity index (χ3v) is 3.61. The van der Waals surface area contributed by atoms with Gasteiger partial charge in [0.2, 0.25) is 0 Å². The third-order valence-electron chi connectivity index (χ3n) is 3.61. The molecule has 23 heavy (non-hydrogen) atoms. The molecule has 0 aliphatic carbocycles. The van der Waals surface area contributed by atoms with Crippen LogP contribution in [0.3, 0.4) is 0 Å². The zero-order valence-electron chi connectivity index (χ0n) is 12.0. The number of hydrogen-bond donors (Lipinski definition) is 4. The molecular formula is C17H14O6. The summed E-state index contributed by atoms with van der Waals surface area (Å²) in [4.78, 5) is 12.4. The molecule has 3 aromatic rings. The van der Waals surface area contributed by atoms with Crippen molar-refractivity contribution < 1.29 is 24.8 Å². The minimum Gasteiger partial charge on any atom is -0.508 e. The average Bonchev–Trinajstić information content (AvgIpc) is 2.48. The molecule has 0 radical (unpaired) electrons. The second-order valence-electron chi connectivity index (χ2n) is 5.10. The van der Waals surface area contributed by atoms with E-state index in [4.69, 9.17) is 4.42 Å². The number of hydrogen-bond acceptors (Lipinski definition) is 6. The van der Waals surface area contributed by atoms with Gasteiger partial charge in [0.1, 0.15) is 22.8 Å². The van der Waals surface area contributed by atoms with E-state index in [-0.39, 0.29) is 47.0 Å². The maximum atomic E-state index is 12.4. The number of aromatic hydroxyl groups is 3. The Morgan fingerprint density at radius 2 is 1.65 bits per heavy atom. The van der Waals surface area contributed by atoms with E-state index in [0.717, 1.165) is 6.07 Å². The fourth-order valence-electron chi connectivity index (χ4n) is 2.63. The lowest BCUT2D eigenvalue weighted by Gasteiger charge is -2.12. The number of aliphatic hydroxyl groups is 1. The molecule has 0 amide bonds. The van der Waals surface area contributed by atoms with E-state index < -0.39 is 5.63 Å². The van der Waals surface area contributed by atoms with Crippen molar-refractivity contribution in [1.29, 1.82) is 0 Å². The maximum Gasteiger partial charge on any atom is 0.344 e. The Morgan fingerprint density at radius 1 is 0.957 bits per heavy atom. The van der Waals surface area contributed by atoms with E-state index in [1.807, 2.05) is 0 Å². The highest BCUT2D eigenvalue weighted by Gasteiger charge is 2.19. The number of phenolic OH excluding ortho intramolecular Hbond substituents is 3. The van der Waals surface area contributed by atoms with Gasteiger partial charge in [-0.05, 0) is 36.2 Å². The zero-order chi connectivity index (χ0) is 16.6. The molecule has 0 spiro atoms. The van der Waals surface area contributed by atoms with E-state index in [1.54, 1.807) is 6.07 Å². The summed E-state index contributed by atoms with van der Waals surface area (Å²) in [5, 5.41) is 38.8. The molecule has 1 heterocycles. The molecular weight excluding hydrogens is 300 g/mol. The van der Waals surface area contributed by atoms with Crippen LogP contribution in [0.5, 0.6) is 17.2 Å². The lowest BCUT2D eigenvalue weighted by Crippen LogP contribution is -2.09. The van der Waals surface area contributed by atoms with Gasteiger partial charge in [-0.2, -0.15) is 0 Å². The van der Waals surface area contributed by atoms with Crippen molar-refractivity contribution in [2.75, 3.05) is 6.61 Å². The number of phenols is 3. The predicted molar refractivity (Wildman–Crippen MR) is 83.7 cm³/mol. The Bertz CT molecular complexity index is 942. The Hall–Kier alpha value is -2.99. The first-order valence-electron chi connectivity index (χ1n) is 6.93. The number of aliphatic hydroxyl groups excluding tert-OH is 1. The van der Waals surface area contributed by atoms with Crippen LogP contribution in [-0.4, -0.2) is 27.0 Å². The highest BCUT2D eigenvalue weighted by Crippen LogP contribution is 2.35. The maximum absolute atomic E-state index is 12.4. The van der Waals surface area contributed by atoms with Gasteiger partial charge in [-0.15, -0.1) is 0 Å². The van der Waals surface area contributed by atoms with Gasteiger partial charge in [0.25, 0.3) is 0 Å². The van der Waals surface area contributed by atoms with Crippen molar-refractivity contribution in [1.82, 2.24) is 0 Å². The number of benzene rings is 2. The Balaban J connectivity index is 2.39. The van der Waals surface area contributed by atoms with Crippen LogP contribution < -0.4 is 5.63 Å². The lowest BCUT2D eigenvalue weighted by atomic mass is 9.95. The van der Waals surface area contributed by atoms with Crippen LogP contribution in [-0.2, 0) is 6.42 Å². The number of fused-ring (bicyclic) bond motifs is 1. The summed E-state index contributed by atoms with van der Waals surface area (Å²) in [6.45, 7) is -0.203. The van der Waals surface area contributed by atoms with Crippen molar-refractivity contribution in [3.63, 3.8) is 0 Å². The van der Waals surface area contributed by atoms with Gasteiger partial charge in [0.05, 0.1) is 5.56 Å². The fraction of sp³-hybridized carbons (Fsp3) is 0.118. The molecule has 6 nitrogen and oxygen atoms in total. The Kier molecular flexibility index (Phi) is 3.67. The van der Waals surface area contributed by atoms with E-state index >= 15 is 0 Å². The van der Waals surface area contributed by atoms with E-state index in [2.05, 4.69) is 0 Å². The topological polar surface area (TPSA) is 111 Å². The molecule has 0 unspecified atom stereocenters. The molecule has 0 saturated heterocycles. The molecule has 0 saturated carbocycles. The van der Waals surface area contributed by atoms with Crippen molar-refractivity contribution in [3.05, 3.63) is 52.4 Å². The Morgan fingerprint density at radius 3 is 2.35 bits per heavy atom. The Labute approximate surface area is 130 Å². The van der Waals surface area contributed by atoms with Crippen LogP contribution in [0, 0.1) is 0 Å². The molecule has 0 bridgehead atoms. The predicted octanol–water partition coefficient (Wildman–Crippen LogP) is 2.11. The second-order valence-corrected chi connectivity index (χ2v) is 5.10. The molecule has 4 N–H and O–H groups in total. The van der Waals surface area contributed by atoms with E-state index in [9.17, 15) is 25.2 Å². The van der Waals surface area contributed by atoms with Gasteiger partial charge in [0, 0.05) is 29.7 Å². The molecule has 0 aliphatic rings. The summed E-state index contributed by atoms with van der Waals surface area (Å²) >= 11 is 0. The summed E-state index contributed by atoms with van der Waals surface area (Å²) in [7, 11) is 0. The molecule has 0 atom stereocenters. The fourth-order valence-corrected chi connectivity index (χ4v) is 2.63. The minimum absolute atomic E-state index is 0.0455. The van der Waals surface area contributed by atoms with Gasteiger partial charge in [-0.1, -0.05) is 0 Å². The standard InChI is InChI=1S/C17H14O6/c18-6-5-12-11-3-1-10(20)8-15(11)23-17(22)16(12)13-4-2-9(19)7-14(13)21/h1-4,7-8,18-21H,5-6H2. The summed E-state index contributed by atoms with van der Waals surface area (Å²) in [6.07, 6.45) is 0.169. The first kappa shape index (κ1) is 14.9. The molecule has 118 valence electrons. The van der Waals surface area contributed by atoms with Gasteiger partial charge >= 0.3 is 5.63 Å². The summed E-state index contributed by atoms with van der Waals surface area (Å²) in [5.74, 6) is -0.449. The van der Waals surface area contributed by atoms with Crippen LogP contribution in [0.25, 0.3) is 22.1 Å². The SMILES string of the molecule is O=c1oc2cc(O)ccc2c(CCO)c1-c1ccc(O)cc1O. The van der Waals surface area contributed by atoms with Gasteiger partial charge in [-0.25, -0.2) is 4.79 Å². The van der Waals surface area contributed by atoms with E-state index in [0.29, 0.717) is 10.9 Å². The van der Waals surface area contributed by atoms with Gasteiger partial charge < -0.3 is 24.8 Å². The van der Waals surface area contributed by atoms with Gasteiger partial charge in [0.15, 0.2) is 0 Å². The van der Waals surface area contributed by atoms with E-state index in [1.165, 1.54) is 24.3 Å². The summed E-state index contributed by atoms with van der Waals surface area (Å²) < 4.78 is 5.23. The van der Waals surface area contributed by atoms with Crippen LogP contribution in [0.2, 0.25) is 0 Å². The van der Waals surface area contributed by atoms with Crippen LogP contribution in [0.1, 0.15) is 5.56 Å². The molecule has 2 aromatic carbocycles. The minimum atomic E-state index is -0.701. The monoisotopic (exact) mass is 314 g/mol. The van der Waals surface area contributed by atoms with Crippen LogP contribution >= 0.6 is 0 Å². The largest absolute Gasteiger partial charge is 0.508 e. The van der Waals surface area contributed by atoms with Gasteiger partial charge in [-0.3, -0.25) is 0 Å². The summed E-state index contributed by atoms with van der Waals surface area (Å²) in [6, 6.07) is 8.22. The molecule has 0 aliphatic heterocycles. The molecule has 0 fully saturated rings. The van der Waals surface area contributed by atoms with Crippen molar-refractivity contribution >= 4 is 11.0 Å². The van der Waals surface area contributed by atoms with Crippen molar-refractivity contribution in [2.45, 2.75) is 6.42 Å². The molecule has 6 heteroatoms. The lowest BCUT2D eigenvalue weighted by molar-refractivity contribution is 0.300. The first-order valence-corrected chi connectivity index (χ1v) is 6.93. The van der Waals surface area contributed by atoms with Crippen LogP contribution in [0.4, 0.5) is 0 Å². The molecule has 1 aromatic heterocycles. The molecule has 3 rings (SSSR count). The summed E-state index contributed by atoms with van der Waals surface area (Å²) in [5.41, 5.74) is 0.317. The highest BCUT2D eigenvalue weighted by atomic mass is 16.4. The first-order chi connectivity index (χ1) is 11.0. The second kappa shape index (κ2) is 5.66. The quantitative estimate of drug-likeness (QED) is 0.551. The highest BCUT2D eigenvalue weighted by molar-refractivity contribution is 5.89. The van der Waals surface area contributed by atoms with Crippen molar-refractivity contribution in [3.8, 4) is 28.4 Å². The number of rotatable bonds is 3. The van der Waals surface area contributed by atoms with Crippen molar-refractivity contribution in [2.24, 2.45) is 0 Å². The smallest absolute Gasteiger partial charge is 0.344 e.